The summed E-state index contributed by atoms with van der Waals surface area (Å²) in [5.74, 6) is 0.553. The van der Waals surface area contributed by atoms with Crippen molar-refractivity contribution < 1.29 is 9.53 Å². The van der Waals surface area contributed by atoms with Crippen LogP contribution in [-0.4, -0.2) is 19.1 Å². The van der Waals surface area contributed by atoms with E-state index < -0.39 is 0 Å². The maximum atomic E-state index is 11.5. The van der Waals surface area contributed by atoms with Gasteiger partial charge in [0.2, 0.25) is 0 Å². The van der Waals surface area contributed by atoms with Gasteiger partial charge in [-0.3, -0.25) is 4.79 Å². The fourth-order valence-electron chi connectivity index (χ4n) is 1.19. The second kappa shape index (κ2) is 5.27. The maximum Gasteiger partial charge on any atom is 0.255 e. The third kappa shape index (κ3) is 2.49. The second-order valence-electron chi connectivity index (χ2n) is 2.79. The van der Waals surface area contributed by atoms with Crippen LogP contribution in [-0.2, 0) is 0 Å². The summed E-state index contributed by atoms with van der Waals surface area (Å²) in [6, 6.07) is 7.24. The Balaban J connectivity index is 2.88. The van der Waals surface area contributed by atoms with Gasteiger partial charge < -0.3 is 10.1 Å². The van der Waals surface area contributed by atoms with Crippen LogP contribution in [0, 0.1) is 0 Å². The third-order valence-electron chi connectivity index (χ3n) is 1.77. The first-order valence-corrected chi connectivity index (χ1v) is 4.79. The number of carbonyl (C=O) groups excluding carboxylic acids is 1. The predicted molar refractivity (Wildman–Crippen MR) is 55.6 cm³/mol. The smallest absolute Gasteiger partial charge is 0.255 e. The molecule has 3 heteroatoms. The largest absolute Gasteiger partial charge is 0.493 e. The first-order valence-electron chi connectivity index (χ1n) is 4.79. The Labute approximate surface area is 84.1 Å². The molecule has 1 aromatic carbocycles. The highest BCUT2D eigenvalue weighted by atomic mass is 16.5. The van der Waals surface area contributed by atoms with Crippen LogP contribution in [0.15, 0.2) is 24.3 Å². The molecule has 1 amide bonds. The molecule has 0 fully saturated rings. The molecule has 76 valence electrons. The molecule has 0 aromatic heterocycles. The van der Waals surface area contributed by atoms with E-state index in [1.165, 1.54) is 0 Å². The average Bonchev–Trinajstić information content (AvgIpc) is 2.19. The Kier molecular flexibility index (Phi) is 3.98. The molecule has 0 bridgehead atoms. The summed E-state index contributed by atoms with van der Waals surface area (Å²) >= 11 is 0. The Hall–Kier alpha value is -1.51. The number of carbonyl (C=O) groups is 1. The van der Waals surface area contributed by atoms with Gasteiger partial charge in [0.1, 0.15) is 5.75 Å². The predicted octanol–water partition coefficient (Wildman–Crippen LogP) is 1.84. The number of ether oxygens (including phenoxy) is 1. The van der Waals surface area contributed by atoms with Crippen molar-refractivity contribution in [3.8, 4) is 5.75 Å². The number of benzene rings is 1. The second-order valence-corrected chi connectivity index (χ2v) is 2.79. The van der Waals surface area contributed by atoms with Gasteiger partial charge in [-0.1, -0.05) is 12.1 Å². The third-order valence-corrected chi connectivity index (χ3v) is 1.77. The summed E-state index contributed by atoms with van der Waals surface area (Å²) in [5, 5.41) is 2.74. The number of para-hydroxylation sites is 1. The van der Waals surface area contributed by atoms with E-state index in [0.29, 0.717) is 24.5 Å². The molecule has 1 rings (SSSR count). The molecule has 0 aliphatic rings. The Morgan fingerprint density at radius 2 is 2.07 bits per heavy atom. The van der Waals surface area contributed by atoms with E-state index in [1.807, 2.05) is 26.0 Å². The average molecular weight is 193 g/mol. The maximum absolute atomic E-state index is 11.5. The Bertz CT molecular complexity index is 310. The zero-order valence-electron chi connectivity index (χ0n) is 8.54. The van der Waals surface area contributed by atoms with Crippen molar-refractivity contribution >= 4 is 5.91 Å². The minimum Gasteiger partial charge on any atom is -0.493 e. The van der Waals surface area contributed by atoms with E-state index in [0.717, 1.165) is 0 Å². The molecule has 14 heavy (non-hydrogen) atoms. The summed E-state index contributed by atoms with van der Waals surface area (Å²) in [6.45, 7) is 4.98. The van der Waals surface area contributed by atoms with Crippen LogP contribution < -0.4 is 10.1 Å². The van der Waals surface area contributed by atoms with Gasteiger partial charge in [-0.2, -0.15) is 0 Å². The minimum atomic E-state index is -0.0865. The topological polar surface area (TPSA) is 38.3 Å². The first kappa shape index (κ1) is 10.6. The van der Waals surface area contributed by atoms with E-state index in [2.05, 4.69) is 5.32 Å². The number of hydrogen-bond donors (Lipinski definition) is 1. The van der Waals surface area contributed by atoms with Crippen molar-refractivity contribution in [3.05, 3.63) is 29.8 Å². The van der Waals surface area contributed by atoms with Crippen molar-refractivity contribution in [2.24, 2.45) is 0 Å². The van der Waals surface area contributed by atoms with Gasteiger partial charge >= 0.3 is 0 Å². The van der Waals surface area contributed by atoms with Gasteiger partial charge in [-0.15, -0.1) is 0 Å². The van der Waals surface area contributed by atoms with Gasteiger partial charge in [0, 0.05) is 6.54 Å². The fraction of sp³-hybridized carbons (Fsp3) is 0.364. The highest BCUT2D eigenvalue weighted by Gasteiger charge is 2.09. The molecular weight excluding hydrogens is 178 g/mol. The van der Waals surface area contributed by atoms with Crippen LogP contribution in [0.3, 0.4) is 0 Å². The van der Waals surface area contributed by atoms with E-state index in [1.54, 1.807) is 12.1 Å². The molecule has 0 aliphatic carbocycles. The van der Waals surface area contributed by atoms with Crippen molar-refractivity contribution in [3.63, 3.8) is 0 Å². The molecule has 0 saturated heterocycles. The molecule has 0 saturated carbocycles. The molecule has 0 aliphatic heterocycles. The van der Waals surface area contributed by atoms with Gasteiger partial charge in [-0.05, 0) is 26.0 Å². The van der Waals surface area contributed by atoms with E-state index in [-0.39, 0.29) is 5.91 Å². The summed E-state index contributed by atoms with van der Waals surface area (Å²) in [7, 11) is 0. The van der Waals surface area contributed by atoms with Gasteiger partial charge in [0.25, 0.3) is 5.91 Å². The molecule has 0 spiro atoms. The van der Waals surface area contributed by atoms with Gasteiger partial charge in [0.15, 0.2) is 0 Å². The normalized spacial score (nSPS) is 9.57. The molecule has 0 radical (unpaired) electrons. The summed E-state index contributed by atoms with van der Waals surface area (Å²) in [5.41, 5.74) is 0.594. The summed E-state index contributed by atoms with van der Waals surface area (Å²) in [4.78, 5) is 11.5. The molecule has 0 atom stereocenters. The number of amides is 1. The van der Waals surface area contributed by atoms with Crippen LogP contribution in [0.1, 0.15) is 24.2 Å². The highest BCUT2D eigenvalue weighted by molar-refractivity contribution is 5.96. The lowest BCUT2D eigenvalue weighted by molar-refractivity contribution is 0.0952. The standard InChI is InChI=1S/C11H15NO2/c1-3-12-11(13)9-7-5-6-8-10(9)14-4-2/h5-8H,3-4H2,1-2H3,(H,12,13). The van der Waals surface area contributed by atoms with Crippen molar-refractivity contribution in [1.29, 1.82) is 0 Å². The molecule has 3 nitrogen and oxygen atoms in total. The monoisotopic (exact) mass is 193 g/mol. The highest BCUT2D eigenvalue weighted by Crippen LogP contribution is 2.17. The molecular formula is C11H15NO2. The van der Waals surface area contributed by atoms with E-state index in [4.69, 9.17) is 4.74 Å². The van der Waals surface area contributed by atoms with Crippen LogP contribution in [0.4, 0.5) is 0 Å². The lowest BCUT2D eigenvalue weighted by Crippen LogP contribution is -2.23. The van der Waals surface area contributed by atoms with Gasteiger partial charge in [-0.25, -0.2) is 0 Å². The summed E-state index contributed by atoms with van der Waals surface area (Å²) < 4.78 is 5.34. The van der Waals surface area contributed by atoms with Crippen molar-refractivity contribution in [2.75, 3.05) is 13.2 Å². The lowest BCUT2D eigenvalue weighted by Gasteiger charge is -2.08. The van der Waals surface area contributed by atoms with E-state index >= 15 is 0 Å². The number of nitrogens with one attached hydrogen (secondary N) is 1. The van der Waals surface area contributed by atoms with Crippen LogP contribution in [0.5, 0.6) is 5.75 Å². The van der Waals surface area contributed by atoms with Gasteiger partial charge in [0.05, 0.1) is 12.2 Å². The van der Waals surface area contributed by atoms with Crippen molar-refractivity contribution in [2.45, 2.75) is 13.8 Å². The number of hydrogen-bond acceptors (Lipinski definition) is 2. The zero-order valence-corrected chi connectivity index (χ0v) is 8.54. The van der Waals surface area contributed by atoms with E-state index in [9.17, 15) is 4.79 Å². The molecule has 0 heterocycles. The van der Waals surface area contributed by atoms with Crippen LogP contribution in [0.25, 0.3) is 0 Å². The van der Waals surface area contributed by atoms with Crippen LogP contribution in [0.2, 0.25) is 0 Å². The minimum absolute atomic E-state index is 0.0865. The lowest BCUT2D eigenvalue weighted by atomic mass is 10.2. The molecule has 0 unspecified atom stereocenters. The Morgan fingerprint density at radius 3 is 2.71 bits per heavy atom. The van der Waals surface area contributed by atoms with Crippen molar-refractivity contribution in [1.82, 2.24) is 5.32 Å². The Morgan fingerprint density at radius 1 is 1.36 bits per heavy atom. The quantitative estimate of drug-likeness (QED) is 0.792. The van der Waals surface area contributed by atoms with Crippen LogP contribution >= 0.6 is 0 Å². The first-order chi connectivity index (χ1) is 6.79. The SMILES string of the molecule is CCNC(=O)c1ccccc1OCC. The summed E-state index contributed by atoms with van der Waals surface area (Å²) in [6.07, 6.45) is 0. The number of rotatable bonds is 4. The molecule has 1 aromatic rings. The fourth-order valence-corrected chi connectivity index (χ4v) is 1.19. The molecule has 1 N–H and O–H groups in total. The zero-order chi connectivity index (χ0) is 10.4.